The van der Waals surface area contributed by atoms with E-state index in [-0.39, 0.29) is 22.1 Å². The minimum Gasteiger partial charge on any atom is -0.487 e. The van der Waals surface area contributed by atoms with Crippen molar-refractivity contribution < 1.29 is 18.3 Å². The maximum Gasteiger partial charge on any atom is 0.272 e. The Balaban J connectivity index is 1.57. The minimum atomic E-state index is -2.69. The van der Waals surface area contributed by atoms with Crippen molar-refractivity contribution in [3.8, 4) is 5.75 Å². The molecule has 1 heterocycles. The second-order valence-electron chi connectivity index (χ2n) is 10.3. The first-order valence-electron chi connectivity index (χ1n) is 12.6. The van der Waals surface area contributed by atoms with Crippen molar-refractivity contribution in [2.24, 2.45) is 7.05 Å². The number of hydrogen-bond acceptors (Lipinski definition) is 6. The van der Waals surface area contributed by atoms with Crippen molar-refractivity contribution in [2.75, 3.05) is 23.8 Å². The second-order valence-corrected chi connectivity index (χ2v) is 13.4. The molecule has 1 amide bonds. The molecule has 12 heteroatoms. The monoisotopic (exact) mass is 653 g/mol. The lowest BCUT2D eigenvalue weighted by molar-refractivity contribution is 0.0804. The molecule has 0 saturated carbocycles. The third-order valence-corrected chi connectivity index (χ3v) is 7.77. The Morgan fingerprint density at radius 1 is 1.25 bits per heavy atom. The molecule has 214 valence electrons. The predicted octanol–water partition coefficient (Wildman–Crippen LogP) is 7.50. The summed E-state index contributed by atoms with van der Waals surface area (Å²) in [5.74, 6) is 0.0672. The van der Waals surface area contributed by atoms with Crippen molar-refractivity contribution >= 4 is 68.1 Å². The van der Waals surface area contributed by atoms with Gasteiger partial charge in [-0.2, -0.15) is 0 Å². The number of imidazole rings is 1. The van der Waals surface area contributed by atoms with Gasteiger partial charge in [0, 0.05) is 39.6 Å². The summed E-state index contributed by atoms with van der Waals surface area (Å²) < 4.78 is 37.5. The highest BCUT2D eigenvalue weighted by Gasteiger charge is 2.23. The summed E-state index contributed by atoms with van der Waals surface area (Å²) in [6.45, 7) is 6.31. The van der Waals surface area contributed by atoms with Crippen LogP contribution in [0.15, 0.2) is 63.6 Å². The zero-order valence-electron chi connectivity index (χ0n) is 22.5. The van der Waals surface area contributed by atoms with Crippen LogP contribution in [0.5, 0.6) is 5.75 Å². The van der Waals surface area contributed by atoms with Crippen LogP contribution < -0.4 is 20.1 Å². The fourth-order valence-electron chi connectivity index (χ4n) is 4.02. The Morgan fingerprint density at radius 2 is 1.98 bits per heavy atom. The van der Waals surface area contributed by atoms with Gasteiger partial charge < -0.3 is 19.9 Å². The molecule has 2 aromatic carbocycles. The lowest BCUT2D eigenvalue weighted by atomic mass is 10.0. The third kappa shape index (κ3) is 7.99. The number of carbonyl (C=O) groups excluding carboxylic acids is 1. The lowest BCUT2D eigenvalue weighted by Gasteiger charge is -2.24. The van der Waals surface area contributed by atoms with Gasteiger partial charge in [-0.25, -0.2) is 13.8 Å². The number of aromatic nitrogens is 2. The first-order valence-corrected chi connectivity index (χ1v) is 14.6. The lowest BCUT2D eigenvalue weighted by Crippen LogP contribution is -2.27. The SMILES string of the molecule is Cn1c(NC2CC(CNSC(C)(C)C)=CC=C2Cl)nc2cc(C(=O)Nc3ccc(Br)cc3)c(OCC(F)F)cc21. The largest absolute Gasteiger partial charge is 0.487 e. The number of fused-ring (bicyclic) bond motifs is 1. The van der Waals surface area contributed by atoms with Crippen LogP contribution in [-0.2, 0) is 7.05 Å². The number of alkyl halides is 2. The molecule has 40 heavy (non-hydrogen) atoms. The molecule has 1 unspecified atom stereocenters. The first kappa shape index (κ1) is 30.4. The Labute approximate surface area is 250 Å². The van der Waals surface area contributed by atoms with Crippen LogP contribution in [0, 0.1) is 0 Å². The van der Waals surface area contributed by atoms with Crippen LogP contribution in [0.2, 0.25) is 0 Å². The van der Waals surface area contributed by atoms with Crippen LogP contribution >= 0.6 is 39.5 Å². The Kier molecular flexibility index (Phi) is 9.81. The summed E-state index contributed by atoms with van der Waals surface area (Å²) in [4.78, 5) is 17.9. The van der Waals surface area contributed by atoms with Gasteiger partial charge in [-0.3, -0.25) is 9.52 Å². The average Bonchev–Trinajstić information content (AvgIpc) is 3.18. The Hall–Kier alpha value is -2.60. The Morgan fingerprint density at radius 3 is 2.65 bits per heavy atom. The fraction of sp³-hybridized carbons (Fsp3) is 0.357. The standard InChI is InChI=1S/C28H31BrClF2N5O2S/c1-28(2,3)40-33-14-16-5-10-20(30)21(11-16)35-27-36-22-12-19(26(38)34-18-8-6-17(29)7-9-18)24(39-15-25(31)32)13-23(22)37(27)4/h5-10,12-13,21,25,33H,11,14-15H2,1-4H3,(H,34,38)(H,35,36). The molecule has 0 fully saturated rings. The number of rotatable bonds is 10. The number of aryl methyl sites for hydroxylation is 1. The van der Waals surface area contributed by atoms with Crippen LogP contribution in [0.1, 0.15) is 37.6 Å². The Bertz CT molecular complexity index is 1440. The van der Waals surface area contributed by atoms with Crippen molar-refractivity contribution in [2.45, 2.75) is 44.4 Å². The number of carbonyl (C=O) groups is 1. The van der Waals surface area contributed by atoms with Crippen molar-refractivity contribution in [3.05, 3.63) is 69.2 Å². The normalized spacial score (nSPS) is 15.7. The van der Waals surface area contributed by atoms with Gasteiger partial charge >= 0.3 is 0 Å². The van der Waals surface area contributed by atoms with Gasteiger partial charge in [0.2, 0.25) is 5.95 Å². The number of nitrogens with one attached hydrogen (secondary N) is 3. The van der Waals surface area contributed by atoms with Gasteiger partial charge in [0.1, 0.15) is 12.4 Å². The highest BCUT2D eigenvalue weighted by molar-refractivity contribution is 9.10. The van der Waals surface area contributed by atoms with Gasteiger partial charge in [-0.15, -0.1) is 0 Å². The third-order valence-electron chi connectivity index (χ3n) is 5.95. The zero-order valence-corrected chi connectivity index (χ0v) is 25.7. The second kappa shape index (κ2) is 12.9. The first-order chi connectivity index (χ1) is 18.9. The molecule has 1 aliphatic rings. The quantitative estimate of drug-likeness (QED) is 0.197. The smallest absolute Gasteiger partial charge is 0.272 e. The summed E-state index contributed by atoms with van der Waals surface area (Å²) in [6, 6.07) is 9.93. The summed E-state index contributed by atoms with van der Waals surface area (Å²) >= 11 is 11.6. The van der Waals surface area contributed by atoms with E-state index >= 15 is 0 Å². The maximum absolute atomic E-state index is 13.2. The number of amides is 1. The van der Waals surface area contributed by atoms with E-state index in [1.54, 1.807) is 60.0 Å². The topological polar surface area (TPSA) is 80.2 Å². The molecule has 1 atom stereocenters. The van der Waals surface area contributed by atoms with E-state index < -0.39 is 18.9 Å². The van der Waals surface area contributed by atoms with Crippen LogP contribution in [-0.4, -0.2) is 45.8 Å². The number of ether oxygens (including phenoxy) is 1. The summed E-state index contributed by atoms with van der Waals surface area (Å²) in [5, 5.41) is 6.83. The van der Waals surface area contributed by atoms with Crippen LogP contribution in [0.4, 0.5) is 20.4 Å². The van der Waals surface area contributed by atoms with Gasteiger partial charge in [-0.05, 0) is 63.6 Å². The van der Waals surface area contributed by atoms with Crippen molar-refractivity contribution in [1.82, 2.24) is 14.3 Å². The number of allylic oxidation sites excluding steroid dienone is 2. The molecule has 1 aliphatic carbocycles. The number of halogens is 4. The summed E-state index contributed by atoms with van der Waals surface area (Å²) in [7, 11) is 1.80. The van der Waals surface area contributed by atoms with E-state index in [0.717, 1.165) is 4.47 Å². The maximum atomic E-state index is 13.2. The van der Waals surface area contributed by atoms with E-state index in [9.17, 15) is 13.6 Å². The molecule has 0 bridgehead atoms. The number of nitrogens with zero attached hydrogens (tertiary/aromatic N) is 2. The van der Waals surface area contributed by atoms with E-state index in [2.05, 4.69) is 52.1 Å². The zero-order chi connectivity index (χ0) is 29.0. The van der Waals surface area contributed by atoms with Gasteiger partial charge in [-0.1, -0.05) is 51.1 Å². The van der Waals surface area contributed by atoms with Crippen LogP contribution in [0.25, 0.3) is 11.0 Å². The highest BCUT2D eigenvalue weighted by atomic mass is 79.9. The van der Waals surface area contributed by atoms with E-state index in [1.165, 1.54) is 5.57 Å². The molecule has 3 aromatic rings. The van der Waals surface area contributed by atoms with Crippen LogP contribution in [0.3, 0.4) is 0 Å². The highest BCUT2D eigenvalue weighted by Crippen LogP contribution is 2.31. The predicted molar refractivity (Wildman–Crippen MR) is 164 cm³/mol. The molecule has 0 spiro atoms. The molecule has 1 aromatic heterocycles. The number of benzene rings is 2. The molecule has 0 radical (unpaired) electrons. The van der Waals surface area contributed by atoms with E-state index in [1.807, 2.05) is 12.2 Å². The van der Waals surface area contributed by atoms with Gasteiger partial charge in [0.15, 0.2) is 0 Å². The van der Waals surface area contributed by atoms with Gasteiger partial charge in [0.05, 0.1) is 22.6 Å². The summed E-state index contributed by atoms with van der Waals surface area (Å²) in [5.41, 5.74) is 2.96. The van der Waals surface area contributed by atoms with Crippen molar-refractivity contribution in [1.29, 1.82) is 0 Å². The summed E-state index contributed by atoms with van der Waals surface area (Å²) in [6.07, 6.45) is 1.89. The number of anilines is 2. The van der Waals surface area contributed by atoms with E-state index in [4.69, 9.17) is 21.3 Å². The molecular formula is C28H31BrClF2N5O2S. The molecule has 7 nitrogen and oxygen atoms in total. The van der Waals surface area contributed by atoms with Gasteiger partial charge in [0.25, 0.3) is 12.3 Å². The molecule has 4 rings (SSSR count). The van der Waals surface area contributed by atoms with E-state index in [0.29, 0.717) is 40.7 Å². The van der Waals surface area contributed by atoms with Crippen molar-refractivity contribution in [3.63, 3.8) is 0 Å². The molecule has 0 saturated heterocycles. The molecule has 3 N–H and O–H groups in total. The molecule has 0 aliphatic heterocycles. The average molecular weight is 655 g/mol. The number of hydrogen-bond donors (Lipinski definition) is 3. The fourth-order valence-corrected chi connectivity index (χ4v) is 5.17. The molecular weight excluding hydrogens is 624 g/mol. The minimum absolute atomic E-state index is 0.0419.